The second-order valence-corrected chi connectivity index (χ2v) is 4.00. The number of hydrogen-bond donors (Lipinski definition) is 1. The van der Waals surface area contributed by atoms with Gasteiger partial charge in [0.1, 0.15) is 0 Å². The second kappa shape index (κ2) is 4.80. The van der Waals surface area contributed by atoms with E-state index in [1.54, 1.807) is 0 Å². The number of benzene rings is 1. The van der Waals surface area contributed by atoms with Crippen molar-refractivity contribution in [1.82, 2.24) is 0 Å². The first-order chi connectivity index (χ1) is 6.16. The van der Waals surface area contributed by atoms with Gasteiger partial charge in [-0.3, -0.25) is 0 Å². The zero-order chi connectivity index (χ0) is 9.84. The van der Waals surface area contributed by atoms with Crippen molar-refractivity contribution in [2.24, 2.45) is 5.73 Å². The van der Waals surface area contributed by atoms with E-state index in [9.17, 15) is 0 Å². The minimum atomic E-state index is 0.594. The van der Waals surface area contributed by atoms with Gasteiger partial charge < -0.3 is 5.73 Å². The molecule has 0 aliphatic heterocycles. The van der Waals surface area contributed by atoms with Crippen LogP contribution in [-0.2, 0) is 0 Å². The smallest absolute Gasteiger partial charge is 0.0492 e. The molecule has 70 valence electrons. The van der Waals surface area contributed by atoms with Crippen LogP contribution in [0.4, 0.5) is 0 Å². The Morgan fingerprint density at radius 1 is 1.54 bits per heavy atom. The van der Waals surface area contributed by atoms with Crippen LogP contribution in [0.3, 0.4) is 0 Å². The molecule has 0 bridgehead atoms. The molecule has 0 fully saturated rings. The van der Waals surface area contributed by atoms with E-state index in [-0.39, 0.29) is 0 Å². The minimum absolute atomic E-state index is 0.594. The standard InChI is InChI=1S/C10H11BrClN/c1-7(5-6-13)10-8(11)3-2-4-9(10)12/h2-4H,1,5-6,13H2. The summed E-state index contributed by atoms with van der Waals surface area (Å²) in [4.78, 5) is 0. The fourth-order valence-corrected chi connectivity index (χ4v) is 2.20. The van der Waals surface area contributed by atoms with Crippen LogP contribution >= 0.6 is 27.5 Å². The van der Waals surface area contributed by atoms with E-state index in [1.165, 1.54) is 0 Å². The molecule has 3 heteroatoms. The molecule has 0 amide bonds. The maximum absolute atomic E-state index is 6.03. The van der Waals surface area contributed by atoms with E-state index >= 15 is 0 Å². The molecule has 1 aromatic rings. The highest BCUT2D eigenvalue weighted by Crippen LogP contribution is 2.31. The zero-order valence-electron chi connectivity index (χ0n) is 7.19. The maximum atomic E-state index is 6.03. The molecule has 0 atom stereocenters. The molecule has 0 aromatic heterocycles. The van der Waals surface area contributed by atoms with Gasteiger partial charge in [0, 0.05) is 15.1 Å². The largest absolute Gasteiger partial charge is 0.330 e. The number of halogens is 2. The Morgan fingerprint density at radius 2 is 2.23 bits per heavy atom. The topological polar surface area (TPSA) is 26.0 Å². The van der Waals surface area contributed by atoms with E-state index in [0.29, 0.717) is 11.6 Å². The van der Waals surface area contributed by atoms with Gasteiger partial charge in [0.15, 0.2) is 0 Å². The first kappa shape index (κ1) is 10.8. The van der Waals surface area contributed by atoms with Crippen molar-refractivity contribution in [2.75, 3.05) is 6.54 Å². The van der Waals surface area contributed by atoms with Crippen molar-refractivity contribution in [3.05, 3.63) is 39.8 Å². The molecule has 0 radical (unpaired) electrons. The van der Waals surface area contributed by atoms with Gasteiger partial charge in [0.25, 0.3) is 0 Å². The lowest BCUT2D eigenvalue weighted by Gasteiger charge is -2.08. The lowest BCUT2D eigenvalue weighted by molar-refractivity contribution is 1.02. The monoisotopic (exact) mass is 259 g/mol. The Morgan fingerprint density at radius 3 is 2.77 bits per heavy atom. The summed E-state index contributed by atoms with van der Waals surface area (Å²) in [6.07, 6.45) is 0.766. The van der Waals surface area contributed by atoms with Crippen molar-refractivity contribution in [2.45, 2.75) is 6.42 Å². The van der Waals surface area contributed by atoms with E-state index in [4.69, 9.17) is 17.3 Å². The van der Waals surface area contributed by atoms with Crippen LogP contribution < -0.4 is 5.73 Å². The Labute approximate surface area is 91.7 Å². The van der Waals surface area contributed by atoms with Crippen LogP contribution in [0.5, 0.6) is 0 Å². The maximum Gasteiger partial charge on any atom is 0.0492 e. The summed E-state index contributed by atoms with van der Waals surface area (Å²) in [7, 11) is 0. The van der Waals surface area contributed by atoms with E-state index < -0.39 is 0 Å². The number of nitrogens with two attached hydrogens (primary N) is 1. The van der Waals surface area contributed by atoms with Gasteiger partial charge in [-0.15, -0.1) is 0 Å². The Balaban J connectivity index is 3.05. The molecular formula is C10H11BrClN. The van der Waals surface area contributed by atoms with Crippen molar-refractivity contribution >= 4 is 33.1 Å². The quantitative estimate of drug-likeness (QED) is 0.885. The van der Waals surface area contributed by atoms with Gasteiger partial charge in [-0.1, -0.05) is 40.2 Å². The third kappa shape index (κ3) is 2.56. The Kier molecular flexibility index (Phi) is 3.97. The Hall–Kier alpha value is -0.310. The van der Waals surface area contributed by atoms with Crippen LogP contribution in [0.1, 0.15) is 12.0 Å². The normalized spacial score (nSPS) is 10.1. The van der Waals surface area contributed by atoms with E-state index in [2.05, 4.69) is 22.5 Å². The highest BCUT2D eigenvalue weighted by Gasteiger charge is 2.07. The van der Waals surface area contributed by atoms with Crippen molar-refractivity contribution in [3.8, 4) is 0 Å². The molecule has 0 aliphatic rings. The predicted octanol–water partition coefficient (Wildman–Crippen LogP) is 3.46. The molecular weight excluding hydrogens is 249 g/mol. The molecule has 0 saturated carbocycles. The molecule has 1 nitrogen and oxygen atoms in total. The van der Waals surface area contributed by atoms with Gasteiger partial charge in [-0.25, -0.2) is 0 Å². The van der Waals surface area contributed by atoms with Crippen molar-refractivity contribution in [3.63, 3.8) is 0 Å². The molecule has 1 aromatic carbocycles. The molecule has 0 heterocycles. The summed E-state index contributed by atoms with van der Waals surface area (Å²) < 4.78 is 0.971. The number of hydrogen-bond acceptors (Lipinski definition) is 1. The second-order valence-electron chi connectivity index (χ2n) is 2.74. The van der Waals surface area contributed by atoms with Crippen LogP contribution in [0.25, 0.3) is 5.57 Å². The Bertz CT molecular complexity index is 302. The highest BCUT2D eigenvalue weighted by molar-refractivity contribution is 9.10. The SMILES string of the molecule is C=C(CCN)c1c(Cl)cccc1Br. The molecule has 1 rings (SSSR count). The molecule has 0 unspecified atom stereocenters. The van der Waals surface area contributed by atoms with Gasteiger partial charge in [-0.05, 0) is 30.7 Å². The zero-order valence-corrected chi connectivity index (χ0v) is 9.53. The minimum Gasteiger partial charge on any atom is -0.330 e. The first-order valence-electron chi connectivity index (χ1n) is 3.99. The predicted molar refractivity (Wildman–Crippen MR) is 61.9 cm³/mol. The van der Waals surface area contributed by atoms with Crippen LogP contribution in [0, 0.1) is 0 Å². The first-order valence-corrected chi connectivity index (χ1v) is 5.16. The molecule has 0 spiro atoms. The van der Waals surface area contributed by atoms with Gasteiger partial charge >= 0.3 is 0 Å². The number of rotatable bonds is 3. The molecule has 2 N–H and O–H groups in total. The average Bonchev–Trinajstić information content (AvgIpc) is 2.04. The fraction of sp³-hybridized carbons (Fsp3) is 0.200. The summed E-state index contributed by atoms with van der Waals surface area (Å²) in [6, 6.07) is 5.69. The van der Waals surface area contributed by atoms with Crippen molar-refractivity contribution < 1.29 is 0 Å². The fourth-order valence-electron chi connectivity index (χ4n) is 1.13. The van der Waals surface area contributed by atoms with Crippen LogP contribution in [0.15, 0.2) is 29.3 Å². The van der Waals surface area contributed by atoms with Gasteiger partial charge in [-0.2, -0.15) is 0 Å². The molecule has 0 aliphatic carbocycles. The van der Waals surface area contributed by atoms with Gasteiger partial charge in [0.2, 0.25) is 0 Å². The average molecular weight is 261 g/mol. The third-order valence-corrected chi connectivity index (χ3v) is 2.74. The van der Waals surface area contributed by atoms with E-state index in [0.717, 1.165) is 22.0 Å². The highest BCUT2D eigenvalue weighted by atomic mass is 79.9. The third-order valence-electron chi connectivity index (χ3n) is 1.76. The lowest BCUT2D eigenvalue weighted by Crippen LogP contribution is -2.00. The summed E-state index contributed by atoms with van der Waals surface area (Å²) in [5, 5.41) is 0.716. The molecule has 13 heavy (non-hydrogen) atoms. The summed E-state index contributed by atoms with van der Waals surface area (Å²) in [6.45, 7) is 4.54. The summed E-state index contributed by atoms with van der Waals surface area (Å²) in [5.74, 6) is 0. The van der Waals surface area contributed by atoms with E-state index in [1.807, 2.05) is 18.2 Å². The van der Waals surface area contributed by atoms with Crippen molar-refractivity contribution in [1.29, 1.82) is 0 Å². The summed E-state index contributed by atoms with van der Waals surface area (Å²) in [5.41, 5.74) is 7.39. The lowest BCUT2D eigenvalue weighted by atomic mass is 10.1. The van der Waals surface area contributed by atoms with Gasteiger partial charge in [0.05, 0.1) is 0 Å². The van der Waals surface area contributed by atoms with Crippen LogP contribution in [0.2, 0.25) is 5.02 Å². The van der Waals surface area contributed by atoms with Crippen LogP contribution in [-0.4, -0.2) is 6.54 Å². The molecule has 0 saturated heterocycles. The summed E-state index contributed by atoms with van der Waals surface area (Å²) >= 11 is 9.46.